The Morgan fingerprint density at radius 3 is 2.69 bits per heavy atom. The highest BCUT2D eigenvalue weighted by molar-refractivity contribution is 5.76. The molecule has 0 N–H and O–H groups in total. The van der Waals surface area contributed by atoms with E-state index in [0.29, 0.717) is 0 Å². The van der Waals surface area contributed by atoms with Crippen LogP contribution in [-0.2, 0) is 9.63 Å². The molecule has 0 aromatic carbocycles. The van der Waals surface area contributed by atoms with Crippen molar-refractivity contribution in [3.05, 3.63) is 25.3 Å². The van der Waals surface area contributed by atoms with Gasteiger partial charge in [0.15, 0.2) is 0 Å². The summed E-state index contributed by atoms with van der Waals surface area (Å²) in [6.45, 7) is 7.32. The van der Waals surface area contributed by atoms with E-state index in [4.69, 9.17) is 11.3 Å². The molecular weight excluding hydrogens is 166 g/mol. The van der Waals surface area contributed by atoms with Crippen molar-refractivity contribution in [3.63, 3.8) is 0 Å². The first-order valence-electron chi connectivity index (χ1n) is 3.84. The number of terminal acetylenes is 1. The van der Waals surface area contributed by atoms with Gasteiger partial charge in [0.2, 0.25) is 0 Å². The summed E-state index contributed by atoms with van der Waals surface area (Å²) in [5, 5.41) is 1.13. The van der Waals surface area contributed by atoms with E-state index in [-0.39, 0.29) is 25.5 Å². The molecule has 1 amide bonds. The molecule has 0 atom stereocenters. The maximum absolute atomic E-state index is 11.2. The molecule has 0 aliphatic heterocycles. The number of hydrogen-bond acceptors (Lipinski definition) is 2. The van der Waals surface area contributed by atoms with E-state index in [1.54, 1.807) is 6.08 Å². The van der Waals surface area contributed by atoms with Gasteiger partial charge in [-0.1, -0.05) is 18.1 Å². The highest BCUT2D eigenvalue weighted by Crippen LogP contribution is 1.96. The minimum atomic E-state index is -0.199. The van der Waals surface area contributed by atoms with Crippen LogP contribution in [0.2, 0.25) is 0 Å². The summed E-state index contributed by atoms with van der Waals surface area (Å²) in [7, 11) is 0. The summed E-state index contributed by atoms with van der Waals surface area (Å²) < 4.78 is 0. The van der Waals surface area contributed by atoms with Gasteiger partial charge in [0.05, 0.1) is 6.61 Å². The number of carbonyl (C=O) groups is 1. The van der Waals surface area contributed by atoms with Crippen molar-refractivity contribution in [1.29, 1.82) is 0 Å². The fourth-order valence-electron chi connectivity index (χ4n) is 0.657. The normalized spacial score (nSPS) is 8.54. The van der Waals surface area contributed by atoms with Crippen molar-refractivity contribution in [2.24, 2.45) is 0 Å². The molecule has 0 rings (SSSR count). The van der Waals surface area contributed by atoms with Crippen molar-refractivity contribution in [3.8, 4) is 12.3 Å². The molecule has 0 aliphatic rings. The molecule has 0 saturated carbocycles. The minimum Gasteiger partial charge on any atom is -0.272 e. The molecule has 3 heteroatoms. The van der Waals surface area contributed by atoms with Gasteiger partial charge in [0.1, 0.15) is 6.54 Å². The Morgan fingerprint density at radius 2 is 2.23 bits per heavy atom. The van der Waals surface area contributed by atoms with E-state index in [1.807, 2.05) is 0 Å². The number of hydrogen-bond donors (Lipinski definition) is 0. The molecule has 0 bridgehead atoms. The predicted octanol–water partition coefficient (Wildman–Crippen LogP) is 1.14. The van der Waals surface area contributed by atoms with Crippen LogP contribution in [0.3, 0.4) is 0 Å². The molecular formula is C10H13NO2. The van der Waals surface area contributed by atoms with Crippen LogP contribution in [0.1, 0.15) is 6.42 Å². The van der Waals surface area contributed by atoms with Crippen molar-refractivity contribution in [1.82, 2.24) is 5.06 Å². The van der Waals surface area contributed by atoms with Crippen LogP contribution < -0.4 is 0 Å². The largest absolute Gasteiger partial charge is 0.272 e. The molecule has 70 valence electrons. The first-order chi connectivity index (χ1) is 6.26. The Morgan fingerprint density at radius 1 is 1.54 bits per heavy atom. The van der Waals surface area contributed by atoms with E-state index in [9.17, 15) is 4.79 Å². The predicted molar refractivity (Wildman–Crippen MR) is 51.5 cm³/mol. The summed E-state index contributed by atoms with van der Waals surface area (Å²) in [6, 6.07) is 0. The monoisotopic (exact) mass is 179 g/mol. The minimum absolute atomic E-state index is 0.139. The Hall–Kier alpha value is -1.53. The second kappa shape index (κ2) is 7.14. The van der Waals surface area contributed by atoms with E-state index in [0.717, 1.165) is 5.06 Å². The SMILES string of the molecule is C#CCN(OCC=C)C(=O)CC=C. The van der Waals surface area contributed by atoms with Gasteiger partial charge in [-0.2, -0.15) is 0 Å². The molecule has 0 aromatic heterocycles. The zero-order valence-electron chi connectivity index (χ0n) is 7.53. The van der Waals surface area contributed by atoms with Crippen molar-refractivity contribution in [2.45, 2.75) is 6.42 Å². The van der Waals surface area contributed by atoms with Crippen molar-refractivity contribution in [2.75, 3.05) is 13.2 Å². The van der Waals surface area contributed by atoms with Crippen molar-refractivity contribution >= 4 is 5.91 Å². The second-order valence-electron chi connectivity index (χ2n) is 2.21. The lowest BCUT2D eigenvalue weighted by atomic mass is 10.4. The average Bonchev–Trinajstić information content (AvgIpc) is 2.12. The van der Waals surface area contributed by atoms with E-state index in [1.165, 1.54) is 6.08 Å². The molecule has 13 heavy (non-hydrogen) atoms. The van der Waals surface area contributed by atoms with E-state index < -0.39 is 0 Å². The number of rotatable bonds is 6. The highest BCUT2D eigenvalue weighted by atomic mass is 16.7. The Balaban J connectivity index is 4.06. The summed E-state index contributed by atoms with van der Waals surface area (Å²) in [5.74, 6) is 2.13. The van der Waals surface area contributed by atoms with Gasteiger partial charge in [0.25, 0.3) is 5.91 Å². The van der Waals surface area contributed by atoms with Crippen LogP contribution in [0.5, 0.6) is 0 Å². The van der Waals surface area contributed by atoms with E-state index >= 15 is 0 Å². The Kier molecular flexibility index (Phi) is 6.30. The lowest BCUT2D eigenvalue weighted by Gasteiger charge is -2.17. The highest BCUT2D eigenvalue weighted by Gasteiger charge is 2.09. The van der Waals surface area contributed by atoms with Crippen LogP contribution in [0.15, 0.2) is 25.3 Å². The zero-order chi connectivity index (χ0) is 10.1. The van der Waals surface area contributed by atoms with Crippen LogP contribution in [-0.4, -0.2) is 24.1 Å². The molecule has 0 saturated heterocycles. The molecule has 0 fully saturated rings. The summed E-state index contributed by atoms with van der Waals surface area (Å²) >= 11 is 0. The molecule has 0 aromatic rings. The molecule has 0 heterocycles. The van der Waals surface area contributed by atoms with Gasteiger partial charge in [-0.05, 0) is 0 Å². The molecule has 0 aliphatic carbocycles. The van der Waals surface area contributed by atoms with Crippen LogP contribution in [0.25, 0.3) is 0 Å². The molecule has 3 nitrogen and oxygen atoms in total. The van der Waals surface area contributed by atoms with Crippen molar-refractivity contribution < 1.29 is 9.63 Å². The van der Waals surface area contributed by atoms with Gasteiger partial charge in [-0.25, -0.2) is 5.06 Å². The third-order valence-electron chi connectivity index (χ3n) is 1.18. The summed E-state index contributed by atoms with van der Waals surface area (Å²) in [5.41, 5.74) is 0. The number of nitrogens with zero attached hydrogens (tertiary/aromatic N) is 1. The van der Waals surface area contributed by atoms with Crippen LogP contribution in [0, 0.1) is 12.3 Å². The molecule has 0 spiro atoms. The Bertz CT molecular complexity index is 228. The fourth-order valence-corrected chi connectivity index (χ4v) is 0.657. The first kappa shape index (κ1) is 11.5. The quantitative estimate of drug-likeness (QED) is 0.347. The first-order valence-corrected chi connectivity index (χ1v) is 3.84. The van der Waals surface area contributed by atoms with Gasteiger partial charge in [-0.3, -0.25) is 9.63 Å². The maximum Gasteiger partial charge on any atom is 0.250 e. The fraction of sp³-hybridized carbons (Fsp3) is 0.300. The standard InChI is InChI=1S/C10H13NO2/c1-4-7-10(12)11(8-5-2)13-9-6-3/h2,4,6H,1,3,7-9H2. The van der Waals surface area contributed by atoms with Gasteiger partial charge < -0.3 is 0 Å². The lowest BCUT2D eigenvalue weighted by Crippen LogP contribution is -2.31. The van der Waals surface area contributed by atoms with Crippen LogP contribution in [0.4, 0.5) is 0 Å². The maximum atomic E-state index is 11.2. The summed E-state index contributed by atoms with van der Waals surface area (Å²) in [6.07, 6.45) is 8.33. The second-order valence-corrected chi connectivity index (χ2v) is 2.21. The van der Waals surface area contributed by atoms with Gasteiger partial charge >= 0.3 is 0 Å². The third-order valence-corrected chi connectivity index (χ3v) is 1.18. The van der Waals surface area contributed by atoms with Gasteiger partial charge in [0, 0.05) is 6.42 Å². The zero-order valence-corrected chi connectivity index (χ0v) is 7.53. The van der Waals surface area contributed by atoms with Gasteiger partial charge in [-0.15, -0.1) is 19.6 Å². The van der Waals surface area contributed by atoms with E-state index in [2.05, 4.69) is 19.1 Å². The lowest BCUT2D eigenvalue weighted by molar-refractivity contribution is -0.177. The van der Waals surface area contributed by atoms with Crippen LogP contribution >= 0.6 is 0 Å². The number of hydroxylamine groups is 2. The number of carbonyl (C=O) groups excluding carboxylic acids is 1. The molecule has 0 unspecified atom stereocenters. The summed E-state index contributed by atoms with van der Waals surface area (Å²) in [4.78, 5) is 16.3. The topological polar surface area (TPSA) is 29.5 Å². The third kappa shape index (κ3) is 4.83. The Labute approximate surface area is 78.6 Å². The average molecular weight is 179 g/mol. The smallest absolute Gasteiger partial charge is 0.250 e. The number of amides is 1. The molecule has 0 radical (unpaired) electrons.